The molecule has 0 heterocycles. The van der Waals surface area contributed by atoms with Crippen LogP contribution in [0, 0.1) is 11.2 Å². The summed E-state index contributed by atoms with van der Waals surface area (Å²) in [6.07, 6.45) is 0.438. The molecule has 0 aliphatic heterocycles. The molecular formula is C13H20FNO. The highest BCUT2D eigenvalue weighted by atomic mass is 19.1. The van der Waals surface area contributed by atoms with Gasteiger partial charge in [-0.3, -0.25) is 0 Å². The van der Waals surface area contributed by atoms with Crippen molar-refractivity contribution in [1.82, 2.24) is 0 Å². The Labute approximate surface area is 96.3 Å². The van der Waals surface area contributed by atoms with E-state index in [0.717, 1.165) is 5.56 Å². The third-order valence-corrected chi connectivity index (χ3v) is 3.14. The molecule has 1 aromatic rings. The molecule has 90 valence electrons. The molecule has 1 unspecified atom stereocenters. The van der Waals surface area contributed by atoms with Gasteiger partial charge in [-0.2, -0.15) is 0 Å². The highest BCUT2D eigenvalue weighted by Gasteiger charge is 2.38. The number of benzene rings is 1. The fourth-order valence-corrected chi connectivity index (χ4v) is 1.58. The Morgan fingerprint density at radius 3 is 2.06 bits per heavy atom. The zero-order valence-electron chi connectivity index (χ0n) is 10.1. The zero-order chi connectivity index (χ0) is 12.4. The molecule has 0 spiro atoms. The lowest BCUT2D eigenvalue weighted by molar-refractivity contribution is -0.0490. The van der Waals surface area contributed by atoms with Crippen LogP contribution in [0.25, 0.3) is 0 Å². The van der Waals surface area contributed by atoms with Crippen molar-refractivity contribution in [3.05, 3.63) is 35.6 Å². The van der Waals surface area contributed by atoms with E-state index < -0.39 is 5.60 Å². The third kappa shape index (κ3) is 2.80. The van der Waals surface area contributed by atoms with Gasteiger partial charge in [0.15, 0.2) is 0 Å². The number of hydrogen-bond acceptors (Lipinski definition) is 2. The van der Waals surface area contributed by atoms with Crippen LogP contribution < -0.4 is 5.73 Å². The third-order valence-electron chi connectivity index (χ3n) is 3.14. The molecule has 0 fully saturated rings. The van der Waals surface area contributed by atoms with E-state index in [0.29, 0.717) is 6.42 Å². The second-order valence-electron chi connectivity index (χ2n) is 5.29. The van der Waals surface area contributed by atoms with Gasteiger partial charge in [0, 0.05) is 13.0 Å². The summed E-state index contributed by atoms with van der Waals surface area (Å²) in [5.41, 5.74) is 5.26. The number of halogens is 1. The van der Waals surface area contributed by atoms with Gasteiger partial charge >= 0.3 is 0 Å². The maximum atomic E-state index is 12.7. The number of rotatable bonds is 3. The van der Waals surface area contributed by atoms with Gasteiger partial charge in [-0.15, -0.1) is 0 Å². The summed E-state index contributed by atoms with van der Waals surface area (Å²) in [7, 11) is 0. The second-order valence-corrected chi connectivity index (χ2v) is 5.29. The average Bonchev–Trinajstić information content (AvgIpc) is 2.19. The smallest absolute Gasteiger partial charge is 0.123 e. The van der Waals surface area contributed by atoms with Crippen molar-refractivity contribution in [2.75, 3.05) is 6.54 Å². The summed E-state index contributed by atoms with van der Waals surface area (Å²) < 4.78 is 12.7. The first kappa shape index (κ1) is 13.1. The van der Waals surface area contributed by atoms with Gasteiger partial charge in [0.1, 0.15) is 5.82 Å². The van der Waals surface area contributed by atoms with Crippen molar-refractivity contribution in [2.45, 2.75) is 32.8 Å². The lowest BCUT2D eigenvalue weighted by Gasteiger charge is -2.39. The zero-order valence-corrected chi connectivity index (χ0v) is 10.1. The van der Waals surface area contributed by atoms with E-state index in [4.69, 9.17) is 5.73 Å². The van der Waals surface area contributed by atoms with Crippen molar-refractivity contribution < 1.29 is 9.50 Å². The summed E-state index contributed by atoms with van der Waals surface area (Å²) in [4.78, 5) is 0. The van der Waals surface area contributed by atoms with Crippen LogP contribution in [0.2, 0.25) is 0 Å². The van der Waals surface area contributed by atoms with Crippen LogP contribution in [-0.2, 0) is 6.42 Å². The highest BCUT2D eigenvalue weighted by Crippen LogP contribution is 2.32. The van der Waals surface area contributed by atoms with Gasteiger partial charge < -0.3 is 10.8 Å². The molecule has 0 amide bonds. The van der Waals surface area contributed by atoms with Crippen molar-refractivity contribution in [3.63, 3.8) is 0 Å². The minimum Gasteiger partial charge on any atom is -0.388 e. The second kappa shape index (κ2) is 4.52. The molecule has 2 nitrogen and oxygen atoms in total. The normalized spacial score (nSPS) is 15.9. The minimum atomic E-state index is -0.967. The molecule has 0 aliphatic carbocycles. The lowest BCUT2D eigenvalue weighted by Crippen LogP contribution is -2.50. The van der Waals surface area contributed by atoms with E-state index in [1.54, 1.807) is 12.1 Å². The predicted molar refractivity (Wildman–Crippen MR) is 63.6 cm³/mol. The molecule has 0 radical (unpaired) electrons. The molecule has 1 rings (SSSR count). The lowest BCUT2D eigenvalue weighted by atomic mass is 9.73. The van der Waals surface area contributed by atoms with Crippen LogP contribution >= 0.6 is 0 Å². The fraction of sp³-hybridized carbons (Fsp3) is 0.538. The van der Waals surface area contributed by atoms with E-state index in [1.165, 1.54) is 12.1 Å². The average molecular weight is 225 g/mol. The van der Waals surface area contributed by atoms with Crippen LogP contribution in [-0.4, -0.2) is 17.3 Å². The van der Waals surface area contributed by atoms with Gasteiger partial charge in [0.25, 0.3) is 0 Å². The largest absolute Gasteiger partial charge is 0.388 e. The maximum Gasteiger partial charge on any atom is 0.123 e. The van der Waals surface area contributed by atoms with Crippen LogP contribution in [0.4, 0.5) is 4.39 Å². The molecule has 0 saturated carbocycles. The van der Waals surface area contributed by atoms with Crippen molar-refractivity contribution in [2.24, 2.45) is 11.1 Å². The summed E-state index contributed by atoms with van der Waals surface area (Å²) >= 11 is 0. The Morgan fingerprint density at radius 2 is 1.69 bits per heavy atom. The minimum absolute atomic E-state index is 0.188. The number of nitrogens with two attached hydrogens (primary N) is 1. The first-order chi connectivity index (χ1) is 7.28. The molecule has 1 aromatic carbocycles. The summed E-state index contributed by atoms with van der Waals surface area (Å²) in [6, 6.07) is 6.16. The summed E-state index contributed by atoms with van der Waals surface area (Å²) in [5.74, 6) is -0.268. The van der Waals surface area contributed by atoms with E-state index in [9.17, 15) is 9.50 Å². The Balaban J connectivity index is 2.89. The van der Waals surface area contributed by atoms with Crippen LogP contribution in [0.5, 0.6) is 0 Å². The Hall–Kier alpha value is -0.930. The van der Waals surface area contributed by atoms with Crippen molar-refractivity contribution in [1.29, 1.82) is 0 Å². The van der Waals surface area contributed by atoms with E-state index >= 15 is 0 Å². The van der Waals surface area contributed by atoms with Gasteiger partial charge in [0.05, 0.1) is 5.60 Å². The Bertz CT molecular complexity index is 342. The fourth-order valence-electron chi connectivity index (χ4n) is 1.58. The standard InChI is InChI=1S/C13H20FNO/c1-12(2,3)13(16,9-15)8-10-4-6-11(14)7-5-10/h4-7,16H,8-9,15H2,1-3H3. The van der Waals surface area contributed by atoms with Crippen LogP contribution in [0.3, 0.4) is 0 Å². The molecule has 3 heteroatoms. The first-order valence-corrected chi connectivity index (χ1v) is 5.45. The maximum absolute atomic E-state index is 12.7. The molecule has 0 saturated heterocycles. The first-order valence-electron chi connectivity index (χ1n) is 5.45. The number of aliphatic hydroxyl groups is 1. The monoisotopic (exact) mass is 225 g/mol. The predicted octanol–water partition coefficient (Wildman–Crippen LogP) is 2.10. The molecule has 0 bridgehead atoms. The van der Waals surface area contributed by atoms with Crippen LogP contribution in [0.15, 0.2) is 24.3 Å². The van der Waals surface area contributed by atoms with Gasteiger partial charge in [-0.05, 0) is 23.1 Å². The summed E-state index contributed by atoms with van der Waals surface area (Å²) in [6.45, 7) is 6.03. The van der Waals surface area contributed by atoms with Crippen LogP contribution in [0.1, 0.15) is 26.3 Å². The molecule has 0 aromatic heterocycles. The van der Waals surface area contributed by atoms with E-state index in [-0.39, 0.29) is 17.8 Å². The van der Waals surface area contributed by atoms with Crippen molar-refractivity contribution in [3.8, 4) is 0 Å². The molecule has 16 heavy (non-hydrogen) atoms. The van der Waals surface area contributed by atoms with E-state index in [1.807, 2.05) is 20.8 Å². The quantitative estimate of drug-likeness (QED) is 0.827. The topological polar surface area (TPSA) is 46.2 Å². The SMILES string of the molecule is CC(C)(C)C(O)(CN)Cc1ccc(F)cc1. The van der Waals surface area contributed by atoms with Gasteiger partial charge in [0.2, 0.25) is 0 Å². The van der Waals surface area contributed by atoms with E-state index in [2.05, 4.69) is 0 Å². The Morgan fingerprint density at radius 1 is 1.19 bits per heavy atom. The highest BCUT2D eigenvalue weighted by molar-refractivity contribution is 5.19. The van der Waals surface area contributed by atoms with Gasteiger partial charge in [-0.1, -0.05) is 32.9 Å². The Kier molecular flexibility index (Phi) is 3.71. The summed E-state index contributed by atoms with van der Waals surface area (Å²) in [5, 5.41) is 10.5. The number of hydrogen-bond donors (Lipinski definition) is 2. The molecular weight excluding hydrogens is 205 g/mol. The molecule has 1 atom stereocenters. The van der Waals surface area contributed by atoms with Crippen molar-refractivity contribution >= 4 is 0 Å². The molecule has 3 N–H and O–H groups in total. The molecule has 0 aliphatic rings. The van der Waals surface area contributed by atoms with Gasteiger partial charge in [-0.25, -0.2) is 4.39 Å².